The standard InChI is InChI=1S/C22H21BrN2O/c23-21-8-4-5-18-19(21)6-3-7-20(18)22(26)24-17-11-9-16(10-12-17)15-25-13-1-2-14-25/h3-12H,1-2,13-15H2,(H,24,26). The molecule has 0 spiro atoms. The number of halogens is 1. The van der Waals surface area contributed by atoms with Crippen LogP contribution in [0.15, 0.2) is 65.1 Å². The molecule has 0 aliphatic carbocycles. The number of nitrogens with zero attached hydrogens (tertiary/aromatic N) is 1. The lowest BCUT2D eigenvalue weighted by atomic mass is 10.0. The summed E-state index contributed by atoms with van der Waals surface area (Å²) in [4.78, 5) is 15.2. The van der Waals surface area contributed by atoms with E-state index in [4.69, 9.17) is 0 Å². The molecule has 0 radical (unpaired) electrons. The van der Waals surface area contributed by atoms with E-state index in [1.165, 1.54) is 31.5 Å². The third-order valence-electron chi connectivity index (χ3n) is 4.93. The van der Waals surface area contributed by atoms with Gasteiger partial charge in [-0.05, 0) is 66.5 Å². The molecule has 1 aliphatic heterocycles. The second-order valence-electron chi connectivity index (χ2n) is 6.77. The van der Waals surface area contributed by atoms with Crippen molar-refractivity contribution in [3.63, 3.8) is 0 Å². The lowest BCUT2D eigenvalue weighted by molar-refractivity contribution is 0.102. The Labute approximate surface area is 162 Å². The van der Waals surface area contributed by atoms with Crippen molar-refractivity contribution < 1.29 is 4.79 Å². The van der Waals surface area contributed by atoms with Gasteiger partial charge in [-0.25, -0.2) is 0 Å². The summed E-state index contributed by atoms with van der Waals surface area (Å²) >= 11 is 3.56. The Hall–Kier alpha value is -2.17. The number of anilines is 1. The SMILES string of the molecule is O=C(Nc1ccc(CN2CCCC2)cc1)c1cccc2c(Br)cccc12. The molecule has 1 N–H and O–H groups in total. The van der Waals surface area contributed by atoms with E-state index in [0.717, 1.165) is 27.5 Å². The summed E-state index contributed by atoms with van der Waals surface area (Å²) < 4.78 is 0.996. The predicted molar refractivity (Wildman–Crippen MR) is 111 cm³/mol. The first-order valence-electron chi connectivity index (χ1n) is 9.00. The summed E-state index contributed by atoms with van der Waals surface area (Å²) in [6.07, 6.45) is 2.60. The molecule has 3 aromatic rings. The zero-order chi connectivity index (χ0) is 17.9. The molecule has 4 heteroatoms. The fourth-order valence-corrected chi connectivity index (χ4v) is 4.06. The third kappa shape index (κ3) is 3.67. The maximum absolute atomic E-state index is 12.8. The van der Waals surface area contributed by atoms with Crippen molar-refractivity contribution in [3.05, 3.63) is 76.3 Å². The van der Waals surface area contributed by atoms with Crippen LogP contribution in [0.5, 0.6) is 0 Å². The van der Waals surface area contributed by atoms with Crippen LogP contribution >= 0.6 is 15.9 Å². The fourth-order valence-electron chi connectivity index (χ4n) is 3.56. The molecule has 1 fully saturated rings. The number of rotatable bonds is 4. The minimum absolute atomic E-state index is 0.0824. The number of benzene rings is 3. The highest BCUT2D eigenvalue weighted by atomic mass is 79.9. The molecule has 132 valence electrons. The van der Waals surface area contributed by atoms with Crippen LogP contribution in [-0.2, 0) is 6.54 Å². The molecule has 1 heterocycles. The Balaban J connectivity index is 1.50. The minimum Gasteiger partial charge on any atom is -0.322 e. The number of carbonyl (C=O) groups is 1. The maximum atomic E-state index is 12.8. The highest BCUT2D eigenvalue weighted by Crippen LogP contribution is 2.27. The zero-order valence-corrected chi connectivity index (χ0v) is 16.1. The molecular formula is C22H21BrN2O. The molecule has 1 amide bonds. The predicted octanol–water partition coefficient (Wildman–Crippen LogP) is 5.45. The topological polar surface area (TPSA) is 32.3 Å². The Morgan fingerprint density at radius 1 is 0.923 bits per heavy atom. The number of hydrogen-bond acceptors (Lipinski definition) is 2. The van der Waals surface area contributed by atoms with Crippen LogP contribution < -0.4 is 5.32 Å². The number of hydrogen-bond donors (Lipinski definition) is 1. The Morgan fingerprint density at radius 2 is 1.62 bits per heavy atom. The summed E-state index contributed by atoms with van der Waals surface area (Å²) in [6.45, 7) is 3.37. The summed E-state index contributed by atoms with van der Waals surface area (Å²) in [5.41, 5.74) is 2.80. The van der Waals surface area contributed by atoms with Gasteiger partial charge in [0, 0.05) is 22.3 Å². The van der Waals surface area contributed by atoms with Crippen molar-refractivity contribution in [2.45, 2.75) is 19.4 Å². The van der Waals surface area contributed by atoms with Gasteiger partial charge in [0.2, 0.25) is 0 Å². The van der Waals surface area contributed by atoms with Crippen LogP contribution in [0, 0.1) is 0 Å². The highest BCUT2D eigenvalue weighted by Gasteiger charge is 2.13. The lowest BCUT2D eigenvalue weighted by Crippen LogP contribution is -2.18. The van der Waals surface area contributed by atoms with Crippen molar-refractivity contribution in [1.29, 1.82) is 0 Å². The average molecular weight is 409 g/mol. The van der Waals surface area contributed by atoms with Crippen LogP contribution in [0.25, 0.3) is 10.8 Å². The molecule has 1 aliphatic rings. The first-order chi connectivity index (χ1) is 12.7. The van der Waals surface area contributed by atoms with Crippen LogP contribution in [0.1, 0.15) is 28.8 Å². The molecule has 3 nitrogen and oxygen atoms in total. The third-order valence-corrected chi connectivity index (χ3v) is 5.62. The van der Waals surface area contributed by atoms with Gasteiger partial charge in [0.05, 0.1) is 0 Å². The van der Waals surface area contributed by atoms with Crippen LogP contribution in [0.4, 0.5) is 5.69 Å². The van der Waals surface area contributed by atoms with E-state index >= 15 is 0 Å². The van der Waals surface area contributed by atoms with Gasteiger partial charge in [-0.15, -0.1) is 0 Å². The van der Waals surface area contributed by atoms with Crippen molar-refractivity contribution in [2.24, 2.45) is 0 Å². The monoisotopic (exact) mass is 408 g/mol. The number of nitrogens with one attached hydrogen (secondary N) is 1. The molecule has 3 aromatic carbocycles. The second kappa shape index (κ2) is 7.60. The number of fused-ring (bicyclic) bond motifs is 1. The van der Waals surface area contributed by atoms with Crippen molar-refractivity contribution >= 4 is 38.3 Å². The number of carbonyl (C=O) groups excluding carboxylic acids is 1. The Morgan fingerprint density at radius 3 is 2.38 bits per heavy atom. The van der Waals surface area contributed by atoms with Crippen molar-refractivity contribution in [1.82, 2.24) is 4.90 Å². The molecule has 1 saturated heterocycles. The molecule has 0 aromatic heterocycles. The smallest absolute Gasteiger partial charge is 0.256 e. The van der Waals surface area contributed by atoms with E-state index in [1.807, 2.05) is 48.5 Å². The van der Waals surface area contributed by atoms with Gasteiger partial charge in [-0.1, -0.05) is 52.3 Å². The van der Waals surface area contributed by atoms with E-state index in [0.29, 0.717) is 5.56 Å². The van der Waals surface area contributed by atoms with E-state index in [2.05, 4.69) is 38.3 Å². The summed E-state index contributed by atoms with van der Waals surface area (Å²) in [6, 6.07) is 19.9. The molecular weight excluding hydrogens is 388 g/mol. The Kier molecular flexibility index (Phi) is 5.05. The molecule has 0 atom stereocenters. The Bertz CT molecular complexity index is 931. The molecule has 26 heavy (non-hydrogen) atoms. The molecule has 4 rings (SSSR count). The van der Waals surface area contributed by atoms with E-state index in [1.54, 1.807) is 0 Å². The van der Waals surface area contributed by atoms with Gasteiger partial charge in [-0.3, -0.25) is 9.69 Å². The van der Waals surface area contributed by atoms with Gasteiger partial charge < -0.3 is 5.32 Å². The number of likely N-dealkylation sites (tertiary alicyclic amines) is 1. The number of amides is 1. The first-order valence-corrected chi connectivity index (χ1v) is 9.80. The highest BCUT2D eigenvalue weighted by molar-refractivity contribution is 9.10. The normalized spacial score (nSPS) is 14.7. The molecule has 0 saturated carbocycles. The summed E-state index contributed by atoms with van der Waals surface area (Å²) in [7, 11) is 0. The zero-order valence-electron chi connectivity index (χ0n) is 14.5. The van der Waals surface area contributed by atoms with E-state index in [9.17, 15) is 4.79 Å². The first kappa shape index (κ1) is 17.3. The van der Waals surface area contributed by atoms with Crippen molar-refractivity contribution in [2.75, 3.05) is 18.4 Å². The quantitative estimate of drug-likeness (QED) is 0.622. The van der Waals surface area contributed by atoms with Gasteiger partial charge in [-0.2, -0.15) is 0 Å². The van der Waals surface area contributed by atoms with Crippen LogP contribution in [-0.4, -0.2) is 23.9 Å². The van der Waals surface area contributed by atoms with Crippen LogP contribution in [0.3, 0.4) is 0 Å². The summed E-state index contributed by atoms with van der Waals surface area (Å²) in [5.74, 6) is -0.0824. The largest absolute Gasteiger partial charge is 0.322 e. The fraction of sp³-hybridized carbons (Fsp3) is 0.227. The molecule has 0 bridgehead atoms. The van der Waals surface area contributed by atoms with Gasteiger partial charge in [0.15, 0.2) is 0 Å². The van der Waals surface area contributed by atoms with Gasteiger partial charge >= 0.3 is 0 Å². The molecule has 0 unspecified atom stereocenters. The minimum atomic E-state index is -0.0824. The van der Waals surface area contributed by atoms with Gasteiger partial charge in [0.25, 0.3) is 5.91 Å². The van der Waals surface area contributed by atoms with E-state index < -0.39 is 0 Å². The maximum Gasteiger partial charge on any atom is 0.256 e. The second-order valence-corrected chi connectivity index (χ2v) is 7.63. The lowest BCUT2D eigenvalue weighted by Gasteiger charge is -2.15. The van der Waals surface area contributed by atoms with Crippen molar-refractivity contribution in [3.8, 4) is 0 Å². The van der Waals surface area contributed by atoms with E-state index in [-0.39, 0.29) is 5.91 Å². The summed E-state index contributed by atoms with van der Waals surface area (Å²) in [5, 5.41) is 5.01. The van der Waals surface area contributed by atoms with Crippen LogP contribution in [0.2, 0.25) is 0 Å². The van der Waals surface area contributed by atoms with Gasteiger partial charge in [0.1, 0.15) is 0 Å². The average Bonchev–Trinajstić information content (AvgIpc) is 3.16.